The number of benzene rings is 3. The highest BCUT2D eigenvalue weighted by Crippen LogP contribution is 2.38. The number of nitrogens with one attached hydrogen (secondary N) is 1. The molecule has 4 rings (SSSR count). The number of para-hydroxylation sites is 1. The minimum absolute atomic E-state index is 0.292. The van der Waals surface area contributed by atoms with Gasteiger partial charge in [0.1, 0.15) is 0 Å². The molecule has 1 atom stereocenters. The maximum Gasteiger partial charge on any atom is 0.261 e. The topological polar surface area (TPSA) is 66.4 Å². The van der Waals surface area contributed by atoms with Gasteiger partial charge in [-0.25, -0.2) is 0 Å². The summed E-state index contributed by atoms with van der Waals surface area (Å²) in [6, 6.07) is 20.8. The van der Waals surface area contributed by atoms with Gasteiger partial charge in [-0.15, -0.1) is 0 Å². The van der Waals surface area contributed by atoms with Gasteiger partial charge in [-0.1, -0.05) is 60.7 Å². The van der Waals surface area contributed by atoms with Crippen LogP contribution in [-0.4, -0.2) is 16.8 Å². The van der Waals surface area contributed by atoms with E-state index in [4.69, 9.17) is 0 Å². The van der Waals surface area contributed by atoms with Crippen molar-refractivity contribution in [1.82, 2.24) is 0 Å². The quantitative estimate of drug-likeness (QED) is 0.711. The smallest absolute Gasteiger partial charge is 0.261 e. The van der Waals surface area contributed by atoms with Crippen LogP contribution in [0.25, 0.3) is 16.8 Å². The molecule has 1 unspecified atom stereocenters. The molecule has 128 valence electrons. The Morgan fingerprint density at radius 2 is 1.73 bits per heavy atom. The number of fused-ring (bicyclic) bond motifs is 2. The summed E-state index contributed by atoms with van der Waals surface area (Å²) in [7, 11) is 0. The van der Waals surface area contributed by atoms with Crippen molar-refractivity contribution in [1.29, 1.82) is 0 Å². The molecule has 0 saturated carbocycles. The highest BCUT2D eigenvalue weighted by Gasteiger charge is 2.46. The van der Waals surface area contributed by atoms with Gasteiger partial charge in [0, 0.05) is 11.3 Å². The summed E-state index contributed by atoms with van der Waals surface area (Å²) in [5.41, 5.74) is 0.0607. The lowest BCUT2D eigenvalue weighted by Gasteiger charge is -2.18. The van der Waals surface area contributed by atoms with E-state index in [1.54, 1.807) is 30.3 Å². The largest absolute Gasteiger partial charge is 0.375 e. The summed E-state index contributed by atoms with van der Waals surface area (Å²) in [5.74, 6) is -0.876. The number of anilines is 1. The van der Waals surface area contributed by atoms with Gasteiger partial charge in [-0.2, -0.15) is 0 Å². The second-order valence-corrected chi connectivity index (χ2v) is 6.44. The van der Waals surface area contributed by atoms with Crippen LogP contribution in [0.4, 0.5) is 5.69 Å². The number of hydrogen-bond donors (Lipinski definition) is 2. The van der Waals surface area contributed by atoms with Crippen LogP contribution in [0.3, 0.4) is 0 Å². The average Bonchev–Trinajstić information content (AvgIpc) is 2.90. The van der Waals surface area contributed by atoms with Crippen LogP contribution < -0.4 is 5.32 Å². The molecule has 0 aliphatic carbocycles. The Balaban J connectivity index is 1.55. The van der Waals surface area contributed by atoms with Crippen molar-refractivity contribution in [2.45, 2.75) is 12.0 Å². The number of rotatable bonds is 4. The van der Waals surface area contributed by atoms with E-state index in [1.165, 1.54) is 6.08 Å². The van der Waals surface area contributed by atoms with Crippen LogP contribution in [0.15, 0.2) is 72.8 Å². The zero-order valence-electron chi connectivity index (χ0n) is 14.0. The van der Waals surface area contributed by atoms with E-state index in [-0.39, 0.29) is 12.2 Å². The Bertz CT molecular complexity index is 1050. The van der Waals surface area contributed by atoms with Crippen LogP contribution in [0.1, 0.15) is 17.5 Å². The standard InChI is InChI=1S/C22H17NO3/c24-18(12-10-15-9-11-16-5-1-2-6-17(16)13-15)14-22(26)19-7-3-4-8-20(19)23-21(22)25/h1-13,26H,14H2,(H,23,25)/b12-10+. The lowest BCUT2D eigenvalue weighted by molar-refractivity contribution is -0.138. The van der Waals surface area contributed by atoms with Gasteiger partial charge >= 0.3 is 0 Å². The Hall–Kier alpha value is -3.24. The summed E-state index contributed by atoms with van der Waals surface area (Å²) in [6.45, 7) is 0. The van der Waals surface area contributed by atoms with E-state index in [2.05, 4.69) is 5.32 Å². The van der Waals surface area contributed by atoms with Crippen molar-refractivity contribution in [3.63, 3.8) is 0 Å². The number of hydrogen-bond acceptors (Lipinski definition) is 3. The highest BCUT2D eigenvalue weighted by atomic mass is 16.3. The first-order valence-corrected chi connectivity index (χ1v) is 8.39. The molecular formula is C22H17NO3. The molecule has 1 aliphatic rings. The van der Waals surface area contributed by atoms with Gasteiger partial charge in [0.25, 0.3) is 5.91 Å². The fraction of sp³-hybridized carbons (Fsp3) is 0.0909. The number of carbonyl (C=O) groups excluding carboxylic acids is 2. The third-order valence-electron chi connectivity index (χ3n) is 4.66. The van der Waals surface area contributed by atoms with E-state index in [0.717, 1.165) is 16.3 Å². The number of carbonyl (C=O) groups is 2. The predicted molar refractivity (Wildman–Crippen MR) is 102 cm³/mol. The molecule has 1 aliphatic heterocycles. The molecule has 26 heavy (non-hydrogen) atoms. The fourth-order valence-corrected chi connectivity index (χ4v) is 3.29. The lowest BCUT2D eigenvalue weighted by Crippen LogP contribution is -2.36. The minimum atomic E-state index is -1.82. The normalized spacial score (nSPS) is 18.9. The van der Waals surface area contributed by atoms with E-state index in [0.29, 0.717) is 11.3 Å². The van der Waals surface area contributed by atoms with E-state index >= 15 is 0 Å². The average molecular weight is 343 g/mol. The molecular weight excluding hydrogens is 326 g/mol. The van der Waals surface area contributed by atoms with Gasteiger partial charge in [0.05, 0.1) is 6.42 Å². The van der Waals surface area contributed by atoms with Crippen molar-refractivity contribution in [2.75, 3.05) is 5.32 Å². The monoisotopic (exact) mass is 343 g/mol. The Kier molecular flexibility index (Phi) is 3.90. The Labute approximate surface area is 150 Å². The van der Waals surface area contributed by atoms with Gasteiger partial charge in [0.15, 0.2) is 11.4 Å². The van der Waals surface area contributed by atoms with Crippen molar-refractivity contribution in [3.05, 3.63) is 83.9 Å². The second-order valence-electron chi connectivity index (χ2n) is 6.44. The van der Waals surface area contributed by atoms with Gasteiger partial charge in [0.2, 0.25) is 0 Å². The summed E-state index contributed by atoms with van der Waals surface area (Å²) >= 11 is 0. The second kappa shape index (κ2) is 6.24. The first-order chi connectivity index (χ1) is 12.6. The van der Waals surface area contributed by atoms with Gasteiger partial charge < -0.3 is 10.4 Å². The molecule has 0 fully saturated rings. The van der Waals surface area contributed by atoms with Crippen LogP contribution in [0.2, 0.25) is 0 Å². The van der Waals surface area contributed by atoms with E-state index in [1.807, 2.05) is 42.5 Å². The first-order valence-electron chi connectivity index (χ1n) is 8.39. The summed E-state index contributed by atoms with van der Waals surface area (Å²) in [6.07, 6.45) is 2.83. The van der Waals surface area contributed by atoms with Crippen molar-refractivity contribution in [3.8, 4) is 0 Å². The van der Waals surface area contributed by atoms with Crippen LogP contribution in [0.5, 0.6) is 0 Å². The zero-order valence-corrected chi connectivity index (χ0v) is 14.0. The Morgan fingerprint density at radius 1 is 1.00 bits per heavy atom. The summed E-state index contributed by atoms with van der Waals surface area (Å²) in [4.78, 5) is 24.5. The maximum atomic E-state index is 12.4. The van der Waals surface area contributed by atoms with Crippen molar-refractivity contribution in [2.24, 2.45) is 0 Å². The number of allylic oxidation sites excluding steroid dienone is 1. The molecule has 1 heterocycles. The molecule has 2 N–H and O–H groups in total. The minimum Gasteiger partial charge on any atom is -0.375 e. The molecule has 4 nitrogen and oxygen atoms in total. The molecule has 1 amide bonds. The van der Waals surface area contributed by atoms with Crippen molar-refractivity contribution >= 4 is 34.2 Å². The molecule has 0 aromatic heterocycles. The molecule has 0 radical (unpaired) electrons. The number of ketones is 1. The molecule has 3 aromatic rings. The fourth-order valence-electron chi connectivity index (χ4n) is 3.29. The first kappa shape index (κ1) is 16.2. The molecule has 4 heteroatoms. The van der Waals surface area contributed by atoms with Gasteiger partial charge in [-0.3, -0.25) is 9.59 Å². The number of amides is 1. The summed E-state index contributed by atoms with van der Waals surface area (Å²) in [5, 5.41) is 15.6. The summed E-state index contributed by atoms with van der Waals surface area (Å²) < 4.78 is 0. The molecule has 3 aromatic carbocycles. The predicted octanol–water partition coefficient (Wildman–Crippen LogP) is 3.65. The third-order valence-corrected chi connectivity index (χ3v) is 4.66. The van der Waals surface area contributed by atoms with E-state index in [9.17, 15) is 14.7 Å². The van der Waals surface area contributed by atoms with E-state index < -0.39 is 11.5 Å². The van der Waals surface area contributed by atoms with Gasteiger partial charge in [-0.05, 0) is 34.5 Å². The molecule has 0 bridgehead atoms. The number of aliphatic hydroxyl groups is 1. The third kappa shape index (κ3) is 2.80. The van der Waals surface area contributed by atoms with Crippen LogP contribution >= 0.6 is 0 Å². The highest BCUT2D eigenvalue weighted by molar-refractivity contribution is 6.08. The lowest BCUT2D eigenvalue weighted by atomic mass is 9.90. The van der Waals surface area contributed by atoms with Crippen molar-refractivity contribution < 1.29 is 14.7 Å². The van der Waals surface area contributed by atoms with Crippen LogP contribution in [-0.2, 0) is 15.2 Å². The van der Waals surface area contributed by atoms with Crippen LogP contribution in [0, 0.1) is 0 Å². The Morgan fingerprint density at radius 3 is 2.58 bits per heavy atom. The molecule has 0 saturated heterocycles. The SMILES string of the molecule is O=C(/C=C/c1ccc2ccccc2c1)CC1(O)C(=O)Nc2ccccc21. The molecule has 0 spiro atoms. The zero-order chi connectivity index (χ0) is 18.1. The maximum absolute atomic E-state index is 12.4.